The highest BCUT2D eigenvalue weighted by atomic mass is 16.5. The molecule has 0 bridgehead atoms. The lowest BCUT2D eigenvalue weighted by molar-refractivity contribution is -0.143. The molecule has 2 atom stereocenters. The molecule has 0 rings (SSSR count). The van der Waals surface area contributed by atoms with Crippen LogP contribution in [-0.2, 0) is 9.53 Å². The molecule has 0 saturated heterocycles. The van der Waals surface area contributed by atoms with E-state index in [1.807, 2.05) is 13.0 Å². The zero-order valence-electron chi connectivity index (χ0n) is 12.2. The van der Waals surface area contributed by atoms with E-state index >= 15 is 0 Å². The second-order valence-electron chi connectivity index (χ2n) is 5.02. The van der Waals surface area contributed by atoms with Crippen LogP contribution in [0.2, 0.25) is 0 Å². The summed E-state index contributed by atoms with van der Waals surface area (Å²) in [7, 11) is 2.11. The van der Waals surface area contributed by atoms with Crippen LogP contribution in [0.25, 0.3) is 0 Å². The van der Waals surface area contributed by atoms with Crippen molar-refractivity contribution in [3.63, 3.8) is 0 Å². The minimum atomic E-state index is -0.0880. The van der Waals surface area contributed by atoms with Crippen LogP contribution in [0.15, 0.2) is 18.4 Å². The topological polar surface area (TPSA) is 29.5 Å². The van der Waals surface area contributed by atoms with Crippen LogP contribution in [0.4, 0.5) is 0 Å². The first-order valence-electron chi connectivity index (χ1n) is 6.69. The number of hydrogen-bond donors (Lipinski definition) is 0. The van der Waals surface area contributed by atoms with E-state index in [1.54, 1.807) is 0 Å². The van der Waals surface area contributed by atoms with Gasteiger partial charge in [-0.3, -0.25) is 4.79 Å². The highest BCUT2D eigenvalue weighted by Crippen LogP contribution is 2.09. The van der Waals surface area contributed by atoms with E-state index in [4.69, 9.17) is 4.74 Å². The summed E-state index contributed by atoms with van der Waals surface area (Å²) in [5.41, 5.74) is 2.82. The minimum absolute atomic E-state index is 0.0880. The Bertz CT molecular complexity index is 282. The molecule has 0 aromatic carbocycles. The van der Waals surface area contributed by atoms with Gasteiger partial charge in [0, 0.05) is 19.5 Å². The second kappa shape index (κ2) is 9.93. The summed E-state index contributed by atoms with van der Waals surface area (Å²) in [6, 6.07) is 0. The molecule has 3 heteroatoms. The number of rotatable bonds is 9. The quantitative estimate of drug-likeness (QED) is 0.467. The van der Waals surface area contributed by atoms with Gasteiger partial charge in [-0.2, -0.15) is 0 Å². The summed E-state index contributed by atoms with van der Waals surface area (Å²) in [6.07, 6.45) is 3.39. The Morgan fingerprint density at radius 3 is 2.67 bits per heavy atom. The van der Waals surface area contributed by atoms with Crippen molar-refractivity contribution in [1.82, 2.24) is 4.90 Å². The summed E-state index contributed by atoms with van der Waals surface area (Å²) in [4.78, 5) is 13.5. The van der Waals surface area contributed by atoms with Gasteiger partial charge >= 0.3 is 5.97 Å². The Kier molecular flexibility index (Phi) is 9.35. The van der Waals surface area contributed by atoms with Crippen molar-refractivity contribution in [1.29, 1.82) is 0 Å². The summed E-state index contributed by atoms with van der Waals surface area (Å²) >= 11 is 0. The molecule has 0 fully saturated rings. The Morgan fingerprint density at radius 2 is 2.11 bits per heavy atom. The zero-order chi connectivity index (χ0) is 14.0. The highest BCUT2D eigenvalue weighted by molar-refractivity contribution is 5.69. The molecular weight excluding hydrogens is 226 g/mol. The van der Waals surface area contributed by atoms with Crippen molar-refractivity contribution in [2.75, 3.05) is 26.7 Å². The van der Waals surface area contributed by atoms with Crippen molar-refractivity contribution in [2.45, 2.75) is 33.6 Å². The molecule has 0 heterocycles. The first kappa shape index (κ1) is 16.9. The average Bonchev–Trinajstić information content (AvgIpc) is 2.26. The van der Waals surface area contributed by atoms with Gasteiger partial charge in [0.05, 0.1) is 6.61 Å². The van der Waals surface area contributed by atoms with Gasteiger partial charge in [0.2, 0.25) is 0 Å². The first-order chi connectivity index (χ1) is 8.49. The minimum Gasteiger partial charge on any atom is -0.466 e. The van der Waals surface area contributed by atoms with E-state index in [0.29, 0.717) is 24.9 Å². The molecular formula is C15H27NO2. The van der Waals surface area contributed by atoms with Gasteiger partial charge in [0.1, 0.15) is 0 Å². The van der Waals surface area contributed by atoms with Crippen LogP contribution in [0.1, 0.15) is 33.6 Å². The molecule has 18 heavy (non-hydrogen) atoms. The molecule has 2 unspecified atom stereocenters. The maximum Gasteiger partial charge on any atom is 0.305 e. The number of esters is 1. The third kappa shape index (κ3) is 9.03. The molecule has 0 aromatic rings. The lowest BCUT2D eigenvalue weighted by atomic mass is 10.0. The molecule has 0 spiro atoms. The number of carbonyl (C=O) groups excluding carboxylic acids is 1. The Hall–Kier alpha value is -1.05. The Morgan fingerprint density at radius 1 is 1.44 bits per heavy atom. The molecule has 0 aliphatic rings. The number of ether oxygens (including phenoxy) is 1. The van der Waals surface area contributed by atoms with Gasteiger partial charge in [0.15, 0.2) is 0 Å². The van der Waals surface area contributed by atoms with Gasteiger partial charge < -0.3 is 9.64 Å². The maximum absolute atomic E-state index is 11.2. The van der Waals surface area contributed by atoms with Crippen LogP contribution in [0.5, 0.6) is 0 Å². The standard InChI is InChI=1S/C15H27NO2/c1-6-8-13(3)11-16(5)12-14(4)9-10-15(17)18-7-2/h8,13-14H,1,7,9-12H2,2-5H3. The van der Waals surface area contributed by atoms with Crippen molar-refractivity contribution in [2.24, 2.45) is 11.8 Å². The zero-order valence-corrected chi connectivity index (χ0v) is 12.2. The number of nitrogens with zero attached hydrogens (tertiary/aromatic N) is 1. The molecule has 0 aromatic heterocycles. The van der Waals surface area contributed by atoms with E-state index < -0.39 is 0 Å². The molecule has 0 aliphatic carbocycles. The van der Waals surface area contributed by atoms with Crippen molar-refractivity contribution >= 4 is 5.97 Å². The van der Waals surface area contributed by atoms with Gasteiger partial charge in [-0.1, -0.05) is 20.4 Å². The molecule has 104 valence electrons. The van der Waals surface area contributed by atoms with Crippen molar-refractivity contribution in [3.05, 3.63) is 18.4 Å². The lowest BCUT2D eigenvalue weighted by Gasteiger charge is -2.22. The van der Waals surface area contributed by atoms with Crippen LogP contribution in [0, 0.1) is 11.8 Å². The monoisotopic (exact) mass is 253 g/mol. The predicted octanol–water partition coefficient (Wildman–Crippen LogP) is 2.87. The molecule has 0 radical (unpaired) electrons. The van der Waals surface area contributed by atoms with E-state index in [2.05, 4.69) is 38.1 Å². The molecule has 0 N–H and O–H groups in total. The average molecular weight is 253 g/mol. The first-order valence-corrected chi connectivity index (χ1v) is 6.69. The summed E-state index contributed by atoms with van der Waals surface area (Å²) < 4.78 is 4.92. The van der Waals surface area contributed by atoms with Crippen LogP contribution in [0.3, 0.4) is 0 Å². The summed E-state index contributed by atoms with van der Waals surface area (Å²) in [5, 5.41) is 0. The van der Waals surface area contributed by atoms with Crippen LogP contribution in [-0.4, -0.2) is 37.6 Å². The van der Waals surface area contributed by atoms with Crippen molar-refractivity contribution in [3.8, 4) is 0 Å². The normalized spacial score (nSPS) is 13.8. The Labute approximate surface area is 112 Å². The summed E-state index contributed by atoms with van der Waals surface area (Å²) in [5.74, 6) is 0.874. The van der Waals surface area contributed by atoms with Gasteiger partial charge in [-0.25, -0.2) is 0 Å². The smallest absolute Gasteiger partial charge is 0.305 e. The lowest BCUT2D eigenvalue weighted by Crippen LogP contribution is -2.28. The van der Waals surface area contributed by atoms with E-state index in [-0.39, 0.29) is 5.97 Å². The number of hydrogen-bond acceptors (Lipinski definition) is 3. The molecule has 0 aliphatic heterocycles. The Balaban J connectivity index is 3.82. The fraction of sp³-hybridized carbons (Fsp3) is 0.733. The van der Waals surface area contributed by atoms with Gasteiger partial charge in [-0.15, -0.1) is 5.73 Å². The van der Waals surface area contributed by atoms with Crippen LogP contribution < -0.4 is 0 Å². The fourth-order valence-electron chi connectivity index (χ4n) is 2.04. The second-order valence-corrected chi connectivity index (χ2v) is 5.02. The highest BCUT2D eigenvalue weighted by Gasteiger charge is 2.11. The molecule has 3 nitrogen and oxygen atoms in total. The predicted molar refractivity (Wildman–Crippen MR) is 75.4 cm³/mol. The third-order valence-corrected chi connectivity index (χ3v) is 2.77. The SMILES string of the molecule is C=C=CC(C)CN(C)CC(C)CCC(=O)OCC. The fourth-order valence-corrected chi connectivity index (χ4v) is 2.04. The molecule has 0 amide bonds. The largest absolute Gasteiger partial charge is 0.466 e. The van der Waals surface area contributed by atoms with E-state index in [0.717, 1.165) is 19.5 Å². The van der Waals surface area contributed by atoms with E-state index in [1.165, 1.54) is 0 Å². The third-order valence-electron chi connectivity index (χ3n) is 2.77. The molecule has 0 saturated carbocycles. The van der Waals surface area contributed by atoms with E-state index in [9.17, 15) is 4.79 Å². The maximum atomic E-state index is 11.2. The number of carbonyl (C=O) groups is 1. The van der Waals surface area contributed by atoms with Crippen molar-refractivity contribution < 1.29 is 9.53 Å². The van der Waals surface area contributed by atoms with Gasteiger partial charge in [-0.05, 0) is 38.3 Å². The van der Waals surface area contributed by atoms with Crippen LogP contribution >= 0.6 is 0 Å². The van der Waals surface area contributed by atoms with Gasteiger partial charge in [0.25, 0.3) is 0 Å². The summed E-state index contributed by atoms with van der Waals surface area (Å²) in [6.45, 7) is 12.2.